The van der Waals surface area contributed by atoms with Crippen LogP contribution >= 0.6 is 0 Å². The Morgan fingerprint density at radius 1 is 0.133 bits per heavy atom. The van der Waals surface area contributed by atoms with Gasteiger partial charge in [-0.2, -0.15) is 0 Å². The van der Waals surface area contributed by atoms with Crippen molar-refractivity contribution in [3.8, 4) is 0 Å². The molecule has 0 aliphatic carbocycles. The Kier molecular flexibility index (Phi) is 11400. The molecule has 0 radical (unpaired) electrons. The van der Waals surface area contributed by atoms with Crippen LogP contribution in [-0.4, -0.2) is 178 Å². The van der Waals surface area contributed by atoms with Crippen molar-refractivity contribution in [2.75, 3.05) is 0 Å². The molecule has 0 aliphatic rings. The first-order valence-electron chi connectivity index (χ1n) is 0. The fourth-order valence-electron chi connectivity index (χ4n) is 0. The summed E-state index contributed by atoms with van der Waals surface area (Å²) in [6.07, 6.45) is 0. The second kappa shape index (κ2) is 380. The summed E-state index contributed by atoms with van der Waals surface area (Å²) >= 11 is 0. The molecule has 0 saturated heterocycles. The molecule has 11 nitrogen and oxygen atoms in total. The molecule has 0 saturated carbocycles. The molecule has 0 amide bonds. The molecule has 0 bridgehead atoms. The standard InChI is InChI=1S/4Na.11H2O.4H/h;;;;11*1H2;;;;. The fourth-order valence-corrected chi connectivity index (χ4v) is 0. The van der Waals surface area contributed by atoms with Gasteiger partial charge in [-0.25, -0.2) is 0 Å². The average molecular weight is 294 g/mol. The van der Waals surface area contributed by atoms with E-state index < -0.39 is 0 Å². The molecule has 15 heavy (non-hydrogen) atoms. The molecule has 15 heteroatoms. The van der Waals surface area contributed by atoms with Gasteiger partial charge in [-0.1, -0.05) is 0 Å². The summed E-state index contributed by atoms with van der Waals surface area (Å²) in [6.45, 7) is 0. The van der Waals surface area contributed by atoms with Crippen LogP contribution in [-0.2, 0) is 0 Å². The predicted octanol–water partition coefficient (Wildman–Crippen LogP) is -11.7. The van der Waals surface area contributed by atoms with Gasteiger partial charge in [0, 0.05) is 0 Å². The van der Waals surface area contributed by atoms with Gasteiger partial charge < -0.3 is 60.2 Å². The Bertz CT molecular complexity index is 12.5. The SMILES string of the molecule is O.O.O.O.O.O.O.O.O.O.O.[NaH].[NaH].[NaH].[NaH]. The second-order valence-corrected chi connectivity index (χ2v) is 0. The average Bonchev–Trinajstić information content (AvgIpc) is 0. The number of hydrogen-bond donors (Lipinski definition) is 0. The van der Waals surface area contributed by atoms with E-state index in [1.54, 1.807) is 0 Å². The van der Waals surface area contributed by atoms with Gasteiger partial charge in [0.05, 0.1) is 0 Å². The van der Waals surface area contributed by atoms with Crippen LogP contribution < -0.4 is 0 Å². The molecule has 0 atom stereocenters. The normalized spacial score (nSPS) is 0. The maximum absolute atomic E-state index is 0. The molecule has 0 aromatic rings. The molecule has 96 valence electrons. The molecule has 0 aromatic carbocycles. The topological polar surface area (TPSA) is 346 Å². The van der Waals surface area contributed by atoms with Crippen molar-refractivity contribution < 1.29 is 60.2 Å². The molecular weight excluding hydrogens is 268 g/mol. The van der Waals surface area contributed by atoms with Gasteiger partial charge in [0.1, 0.15) is 0 Å². The Morgan fingerprint density at radius 3 is 0.133 bits per heavy atom. The van der Waals surface area contributed by atoms with Crippen molar-refractivity contribution >= 4 is 118 Å². The van der Waals surface area contributed by atoms with Gasteiger partial charge in [-0.15, -0.1) is 0 Å². The van der Waals surface area contributed by atoms with Crippen molar-refractivity contribution in [2.45, 2.75) is 0 Å². The third-order valence-electron chi connectivity index (χ3n) is 0. The molecule has 22 N–H and O–H groups in total. The van der Waals surface area contributed by atoms with Gasteiger partial charge in [-0.05, 0) is 0 Å². The summed E-state index contributed by atoms with van der Waals surface area (Å²) < 4.78 is 0. The third-order valence-corrected chi connectivity index (χ3v) is 0. The zero-order valence-electron chi connectivity index (χ0n) is 5.50. The fraction of sp³-hybridized carbons (Fsp3) is 0. The van der Waals surface area contributed by atoms with Crippen molar-refractivity contribution in [3.63, 3.8) is 0 Å². The molecular formula is H26Na4O11. The molecule has 0 aromatic heterocycles. The van der Waals surface area contributed by atoms with Gasteiger partial charge in [0.2, 0.25) is 0 Å². The molecule has 0 fully saturated rings. The van der Waals surface area contributed by atoms with E-state index in [9.17, 15) is 0 Å². The van der Waals surface area contributed by atoms with E-state index in [1.165, 1.54) is 0 Å². The summed E-state index contributed by atoms with van der Waals surface area (Å²) in [5.41, 5.74) is 0. The van der Waals surface area contributed by atoms with E-state index in [-0.39, 0.29) is 178 Å². The van der Waals surface area contributed by atoms with Crippen LogP contribution in [0.4, 0.5) is 0 Å². The molecule has 0 unspecified atom stereocenters. The number of rotatable bonds is 0. The van der Waals surface area contributed by atoms with E-state index in [4.69, 9.17) is 0 Å². The van der Waals surface area contributed by atoms with Gasteiger partial charge in [0.25, 0.3) is 0 Å². The Labute approximate surface area is 175 Å². The van der Waals surface area contributed by atoms with Crippen molar-refractivity contribution in [2.24, 2.45) is 0 Å². The van der Waals surface area contributed by atoms with E-state index in [2.05, 4.69) is 0 Å². The summed E-state index contributed by atoms with van der Waals surface area (Å²) in [5, 5.41) is 0. The quantitative estimate of drug-likeness (QED) is 0.375. The monoisotopic (exact) mass is 294 g/mol. The summed E-state index contributed by atoms with van der Waals surface area (Å²) in [6, 6.07) is 0. The zero-order valence-corrected chi connectivity index (χ0v) is 5.50. The first-order chi connectivity index (χ1) is 0. The Morgan fingerprint density at radius 2 is 0.133 bits per heavy atom. The Balaban J connectivity index is 0. The first-order valence-corrected chi connectivity index (χ1v) is 0. The summed E-state index contributed by atoms with van der Waals surface area (Å²) in [7, 11) is 0. The predicted molar refractivity (Wildman–Crippen MR) is 68.3 cm³/mol. The van der Waals surface area contributed by atoms with Crippen LogP contribution in [0.3, 0.4) is 0 Å². The van der Waals surface area contributed by atoms with Crippen LogP contribution in [0.2, 0.25) is 0 Å². The third kappa shape index (κ3) is 335. The van der Waals surface area contributed by atoms with Crippen LogP contribution in [0, 0.1) is 0 Å². The van der Waals surface area contributed by atoms with E-state index >= 15 is 0 Å². The first kappa shape index (κ1) is 452. The second-order valence-electron chi connectivity index (χ2n) is 0. The van der Waals surface area contributed by atoms with Gasteiger partial charge in [0.15, 0.2) is 0 Å². The van der Waals surface area contributed by atoms with Gasteiger partial charge in [-0.3, -0.25) is 0 Å². The Hall–Kier alpha value is 3.56. The van der Waals surface area contributed by atoms with Crippen molar-refractivity contribution in [3.05, 3.63) is 0 Å². The molecule has 0 aliphatic heterocycles. The summed E-state index contributed by atoms with van der Waals surface area (Å²) in [4.78, 5) is 0. The minimum absolute atomic E-state index is 0. The molecule has 0 spiro atoms. The maximum atomic E-state index is 0. The van der Waals surface area contributed by atoms with Crippen LogP contribution in [0.1, 0.15) is 0 Å². The van der Waals surface area contributed by atoms with Crippen molar-refractivity contribution in [1.82, 2.24) is 0 Å². The molecule has 0 heterocycles. The van der Waals surface area contributed by atoms with Crippen molar-refractivity contribution in [1.29, 1.82) is 0 Å². The summed E-state index contributed by atoms with van der Waals surface area (Å²) in [5.74, 6) is 0. The van der Waals surface area contributed by atoms with E-state index in [1.807, 2.05) is 0 Å². The van der Waals surface area contributed by atoms with E-state index in [0.717, 1.165) is 0 Å². The van der Waals surface area contributed by atoms with Crippen LogP contribution in [0.15, 0.2) is 0 Å². The molecule has 0 rings (SSSR count). The van der Waals surface area contributed by atoms with E-state index in [0.29, 0.717) is 0 Å². The number of hydrogen-bond acceptors (Lipinski definition) is 0. The van der Waals surface area contributed by atoms with Crippen LogP contribution in [0.5, 0.6) is 0 Å². The minimum atomic E-state index is 0. The van der Waals surface area contributed by atoms with Crippen LogP contribution in [0.25, 0.3) is 0 Å². The zero-order chi connectivity index (χ0) is 0. The van der Waals surface area contributed by atoms with Gasteiger partial charge >= 0.3 is 118 Å².